The Morgan fingerprint density at radius 1 is 1.42 bits per heavy atom. The lowest BCUT2D eigenvalue weighted by Crippen LogP contribution is -2.42. The van der Waals surface area contributed by atoms with Crippen LogP contribution < -0.4 is 5.73 Å². The molecule has 19 heavy (non-hydrogen) atoms. The van der Waals surface area contributed by atoms with Crippen LogP contribution in [0.25, 0.3) is 0 Å². The van der Waals surface area contributed by atoms with Gasteiger partial charge in [-0.2, -0.15) is 11.8 Å². The summed E-state index contributed by atoms with van der Waals surface area (Å²) in [6.45, 7) is 2.67. The molecule has 7 heteroatoms. The lowest BCUT2D eigenvalue weighted by molar-refractivity contribution is 0.455. The summed E-state index contributed by atoms with van der Waals surface area (Å²) in [6.07, 6.45) is 2.61. The minimum absolute atomic E-state index is 0. The zero-order valence-corrected chi connectivity index (χ0v) is 14.7. The average molecular weight is 410 g/mol. The van der Waals surface area contributed by atoms with Crippen LogP contribution in [0, 0.1) is 0 Å². The van der Waals surface area contributed by atoms with Crippen LogP contribution in [0.15, 0.2) is 10.4 Å². The number of nitrogens with zero attached hydrogens (tertiary/aromatic N) is 3. The Bertz CT molecular complexity index is 439. The second kappa shape index (κ2) is 7.12. The van der Waals surface area contributed by atoms with E-state index in [1.165, 1.54) is 18.5 Å². The first kappa shape index (κ1) is 15.4. The highest BCUT2D eigenvalue weighted by Gasteiger charge is 2.25. The molecule has 1 saturated carbocycles. The molecule has 1 aliphatic heterocycles. The molecular weight excluding hydrogens is 391 g/mol. The lowest BCUT2D eigenvalue weighted by Gasteiger charge is -2.27. The summed E-state index contributed by atoms with van der Waals surface area (Å²) in [5, 5.41) is 3.27. The fourth-order valence-electron chi connectivity index (χ4n) is 2.01. The van der Waals surface area contributed by atoms with Gasteiger partial charge < -0.3 is 10.6 Å². The number of aliphatic imine (C=N–C) groups is 1. The number of nitrogens with two attached hydrogens (primary N) is 1. The molecule has 1 saturated heterocycles. The van der Waals surface area contributed by atoms with Crippen molar-refractivity contribution >= 4 is 53.0 Å². The number of halogens is 1. The third-order valence-corrected chi connectivity index (χ3v) is 5.07. The summed E-state index contributed by atoms with van der Waals surface area (Å²) >= 11 is 3.69. The van der Waals surface area contributed by atoms with Crippen molar-refractivity contribution in [3.63, 3.8) is 0 Å². The number of hydrogen-bond donors (Lipinski definition) is 1. The molecule has 0 radical (unpaired) electrons. The summed E-state index contributed by atoms with van der Waals surface area (Å²) < 4.78 is 0. The smallest absolute Gasteiger partial charge is 0.191 e. The number of thioether (sulfide) groups is 1. The SMILES string of the molecule is I.NC(=NCc1nc(C2CC2)cs1)N1CCSCC1. The Kier molecular flexibility index (Phi) is 5.76. The van der Waals surface area contributed by atoms with E-state index in [1.54, 1.807) is 11.3 Å². The molecule has 2 N–H and O–H groups in total. The average Bonchev–Trinajstić information content (AvgIpc) is 3.16. The molecule has 0 spiro atoms. The van der Waals surface area contributed by atoms with Crippen LogP contribution in [-0.4, -0.2) is 40.4 Å². The van der Waals surface area contributed by atoms with Gasteiger partial charge in [-0.1, -0.05) is 0 Å². The third-order valence-electron chi connectivity index (χ3n) is 3.28. The molecule has 3 rings (SSSR count). The van der Waals surface area contributed by atoms with E-state index >= 15 is 0 Å². The molecule has 1 aromatic rings. The molecule has 0 aromatic carbocycles. The van der Waals surface area contributed by atoms with Gasteiger partial charge in [-0.25, -0.2) is 9.98 Å². The van der Waals surface area contributed by atoms with Crippen molar-refractivity contribution in [2.24, 2.45) is 10.7 Å². The molecule has 4 nitrogen and oxygen atoms in total. The number of rotatable bonds is 3. The first-order valence-electron chi connectivity index (χ1n) is 6.40. The number of hydrogen-bond acceptors (Lipinski definition) is 4. The fourth-order valence-corrected chi connectivity index (χ4v) is 3.71. The van der Waals surface area contributed by atoms with E-state index in [0.29, 0.717) is 12.5 Å². The van der Waals surface area contributed by atoms with Crippen molar-refractivity contribution in [2.75, 3.05) is 24.6 Å². The van der Waals surface area contributed by atoms with Crippen molar-refractivity contribution in [3.8, 4) is 0 Å². The Hall–Kier alpha value is -0.0200. The van der Waals surface area contributed by atoms with Crippen molar-refractivity contribution < 1.29 is 0 Å². The summed E-state index contributed by atoms with van der Waals surface area (Å²) in [5.74, 6) is 3.72. The maximum atomic E-state index is 6.02. The molecule has 2 fully saturated rings. The van der Waals surface area contributed by atoms with Gasteiger partial charge in [0.2, 0.25) is 0 Å². The first-order chi connectivity index (χ1) is 8.83. The van der Waals surface area contributed by atoms with E-state index in [9.17, 15) is 0 Å². The monoisotopic (exact) mass is 410 g/mol. The highest BCUT2D eigenvalue weighted by atomic mass is 127. The van der Waals surface area contributed by atoms with Gasteiger partial charge in [-0.3, -0.25) is 0 Å². The van der Waals surface area contributed by atoms with E-state index in [-0.39, 0.29) is 24.0 Å². The van der Waals surface area contributed by atoms with E-state index in [2.05, 4.69) is 20.3 Å². The molecule has 0 atom stereocenters. The number of aromatic nitrogens is 1. The molecule has 106 valence electrons. The molecule has 0 bridgehead atoms. The molecule has 2 aliphatic rings. The minimum Gasteiger partial charge on any atom is -0.370 e. The molecule has 0 unspecified atom stereocenters. The van der Waals surface area contributed by atoms with Crippen LogP contribution in [0.5, 0.6) is 0 Å². The summed E-state index contributed by atoms with van der Waals surface area (Å²) in [4.78, 5) is 11.3. The van der Waals surface area contributed by atoms with Gasteiger partial charge in [0.05, 0.1) is 12.2 Å². The van der Waals surface area contributed by atoms with E-state index in [1.807, 2.05) is 11.8 Å². The standard InChI is InChI=1S/C12H18N4S2.HI/c13-12(16-3-5-17-6-4-16)14-7-11-15-10(8-18-11)9-1-2-9;/h8-9H,1-7H2,(H2,13,14);1H. The second-order valence-electron chi connectivity index (χ2n) is 4.71. The minimum atomic E-state index is 0. The summed E-state index contributed by atoms with van der Waals surface area (Å²) in [7, 11) is 0. The maximum absolute atomic E-state index is 6.02. The number of guanidine groups is 1. The Morgan fingerprint density at radius 2 is 2.16 bits per heavy atom. The van der Waals surface area contributed by atoms with Gasteiger partial charge >= 0.3 is 0 Å². The van der Waals surface area contributed by atoms with Gasteiger partial charge in [0.15, 0.2) is 5.96 Å². The van der Waals surface area contributed by atoms with Crippen LogP contribution in [0.3, 0.4) is 0 Å². The predicted octanol–water partition coefficient (Wildman–Crippen LogP) is 2.50. The predicted molar refractivity (Wildman–Crippen MR) is 93.7 cm³/mol. The maximum Gasteiger partial charge on any atom is 0.191 e. The van der Waals surface area contributed by atoms with Crippen LogP contribution >= 0.6 is 47.1 Å². The molecule has 1 aliphatic carbocycles. The summed E-state index contributed by atoms with van der Waals surface area (Å²) in [5.41, 5.74) is 7.28. The van der Waals surface area contributed by atoms with Crippen LogP contribution in [0.4, 0.5) is 0 Å². The molecule has 0 amide bonds. The highest BCUT2D eigenvalue weighted by molar-refractivity contribution is 14.0. The fraction of sp³-hybridized carbons (Fsp3) is 0.667. The lowest BCUT2D eigenvalue weighted by atomic mass is 10.3. The zero-order valence-electron chi connectivity index (χ0n) is 10.7. The van der Waals surface area contributed by atoms with E-state index in [0.717, 1.165) is 35.5 Å². The van der Waals surface area contributed by atoms with Crippen molar-refractivity contribution in [2.45, 2.75) is 25.3 Å². The Balaban J connectivity index is 0.00000133. The summed E-state index contributed by atoms with van der Waals surface area (Å²) in [6, 6.07) is 0. The Morgan fingerprint density at radius 3 is 2.84 bits per heavy atom. The van der Waals surface area contributed by atoms with Crippen LogP contribution in [-0.2, 0) is 6.54 Å². The Labute approximate surface area is 139 Å². The largest absolute Gasteiger partial charge is 0.370 e. The molecule has 1 aromatic heterocycles. The van der Waals surface area contributed by atoms with Gasteiger partial charge in [0.1, 0.15) is 5.01 Å². The molecular formula is C12H19IN4S2. The topological polar surface area (TPSA) is 54.5 Å². The van der Waals surface area contributed by atoms with E-state index < -0.39 is 0 Å². The van der Waals surface area contributed by atoms with Gasteiger partial charge in [0, 0.05) is 35.9 Å². The van der Waals surface area contributed by atoms with E-state index in [4.69, 9.17) is 5.73 Å². The quantitative estimate of drug-likeness (QED) is 0.473. The zero-order chi connectivity index (χ0) is 12.4. The van der Waals surface area contributed by atoms with Crippen molar-refractivity contribution in [1.29, 1.82) is 0 Å². The highest BCUT2D eigenvalue weighted by Crippen LogP contribution is 2.40. The van der Waals surface area contributed by atoms with Gasteiger partial charge in [0.25, 0.3) is 0 Å². The van der Waals surface area contributed by atoms with Gasteiger partial charge in [-0.15, -0.1) is 35.3 Å². The first-order valence-corrected chi connectivity index (χ1v) is 8.43. The second-order valence-corrected chi connectivity index (χ2v) is 6.88. The normalized spacial score (nSPS) is 20.2. The van der Waals surface area contributed by atoms with Crippen molar-refractivity contribution in [3.05, 3.63) is 16.1 Å². The van der Waals surface area contributed by atoms with Crippen molar-refractivity contribution in [1.82, 2.24) is 9.88 Å². The van der Waals surface area contributed by atoms with Crippen LogP contribution in [0.2, 0.25) is 0 Å². The van der Waals surface area contributed by atoms with Gasteiger partial charge in [-0.05, 0) is 12.8 Å². The number of thiazole rings is 1. The molecule has 2 heterocycles. The van der Waals surface area contributed by atoms with Crippen LogP contribution in [0.1, 0.15) is 29.5 Å². The third kappa shape index (κ3) is 4.22.